The van der Waals surface area contributed by atoms with Gasteiger partial charge in [-0.05, 0) is 49.4 Å². The van der Waals surface area contributed by atoms with Gasteiger partial charge in [0.25, 0.3) is 0 Å². The highest BCUT2D eigenvalue weighted by Gasteiger charge is 2.30. The van der Waals surface area contributed by atoms with Crippen LogP contribution in [0.25, 0.3) is 0 Å². The van der Waals surface area contributed by atoms with Crippen LogP contribution < -0.4 is 10.5 Å². The molecule has 3 N–H and O–H groups in total. The lowest BCUT2D eigenvalue weighted by molar-refractivity contribution is 0.117. The molecule has 6 heteroatoms. The molecule has 2 atom stereocenters. The van der Waals surface area contributed by atoms with Gasteiger partial charge in [-0.15, -0.1) is 0 Å². The van der Waals surface area contributed by atoms with Gasteiger partial charge in [-0.2, -0.15) is 0 Å². The molecule has 2 unspecified atom stereocenters. The van der Waals surface area contributed by atoms with E-state index < -0.39 is 10.0 Å². The highest BCUT2D eigenvalue weighted by Crippen LogP contribution is 2.26. The van der Waals surface area contributed by atoms with Crippen molar-refractivity contribution >= 4 is 15.7 Å². The van der Waals surface area contributed by atoms with Crippen LogP contribution in [0.5, 0.6) is 0 Å². The Bertz CT molecular complexity index is 614. The first-order valence-electron chi connectivity index (χ1n) is 7.44. The van der Waals surface area contributed by atoms with Crippen molar-refractivity contribution in [2.45, 2.75) is 57.1 Å². The lowest BCUT2D eigenvalue weighted by Gasteiger charge is -2.19. The summed E-state index contributed by atoms with van der Waals surface area (Å²) in [6.07, 6.45) is 1.93. The molecule has 0 aliphatic carbocycles. The Morgan fingerprint density at radius 3 is 2.57 bits per heavy atom. The second-order valence-corrected chi connectivity index (χ2v) is 7.14. The van der Waals surface area contributed by atoms with Crippen molar-refractivity contribution in [3.05, 3.63) is 23.3 Å². The summed E-state index contributed by atoms with van der Waals surface area (Å²) in [5.74, 6) is 0. The fourth-order valence-corrected chi connectivity index (χ4v) is 4.43. The SMILES string of the molecule is CCc1cc(N)c(CC)c(S(=O)(=O)NC2CCOC2C)c1. The molecule has 1 aliphatic rings. The van der Waals surface area contributed by atoms with Gasteiger partial charge in [0.05, 0.1) is 17.0 Å². The number of hydrogen-bond acceptors (Lipinski definition) is 4. The number of hydrogen-bond donors (Lipinski definition) is 2. The van der Waals surface area contributed by atoms with E-state index in [1.165, 1.54) is 0 Å². The minimum Gasteiger partial charge on any atom is -0.398 e. The third kappa shape index (κ3) is 3.39. The van der Waals surface area contributed by atoms with Crippen LogP contribution in [0, 0.1) is 0 Å². The van der Waals surface area contributed by atoms with Gasteiger partial charge in [0, 0.05) is 12.3 Å². The molecule has 1 aromatic rings. The molecule has 0 radical (unpaired) electrons. The second-order valence-electron chi connectivity index (χ2n) is 5.46. The summed E-state index contributed by atoms with van der Waals surface area (Å²) in [6.45, 7) is 6.37. The Kier molecular flexibility index (Phi) is 4.91. The minimum atomic E-state index is -3.58. The van der Waals surface area contributed by atoms with E-state index in [0.29, 0.717) is 35.6 Å². The Morgan fingerprint density at radius 1 is 1.33 bits per heavy atom. The number of nitrogens with one attached hydrogen (secondary N) is 1. The molecule has 0 aromatic heterocycles. The van der Waals surface area contributed by atoms with Crippen LogP contribution in [-0.2, 0) is 27.6 Å². The van der Waals surface area contributed by atoms with Gasteiger partial charge < -0.3 is 10.5 Å². The monoisotopic (exact) mass is 312 g/mol. The van der Waals surface area contributed by atoms with Crippen LogP contribution in [0.3, 0.4) is 0 Å². The summed E-state index contributed by atoms with van der Waals surface area (Å²) in [5, 5.41) is 0. The third-order valence-corrected chi connectivity index (χ3v) is 5.59. The Morgan fingerprint density at radius 2 is 2.05 bits per heavy atom. The number of sulfonamides is 1. The molecule has 1 aromatic carbocycles. The standard InChI is InChI=1S/C15H24N2O3S/c1-4-11-8-13(16)12(5-2)15(9-11)21(18,19)17-14-6-7-20-10(14)3/h8-10,14,17H,4-7,16H2,1-3H3. The molecule has 1 saturated heterocycles. The molecule has 0 spiro atoms. The topological polar surface area (TPSA) is 81.4 Å². The highest BCUT2D eigenvalue weighted by molar-refractivity contribution is 7.89. The van der Waals surface area contributed by atoms with Crippen LogP contribution in [-0.4, -0.2) is 27.2 Å². The van der Waals surface area contributed by atoms with E-state index in [9.17, 15) is 8.42 Å². The van der Waals surface area contributed by atoms with Gasteiger partial charge in [0.15, 0.2) is 0 Å². The number of aryl methyl sites for hydroxylation is 1. The zero-order valence-electron chi connectivity index (χ0n) is 12.8. The fourth-order valence-electron chi connectivity index (χ4n) is 2.70. The summed E-state index contributed by atoms with van der Waals surface area (Å²) in [5.41, 5.74) is 8.19. The summed E-state index contributed by atoms with van der Waals surface area (Å²) >= 11 is 0. The molecule has 1 fully saturated rings. The quantitative estimate of drug-likeness (QED) is 0.813. The zero-order valence-corrected chi connectivity index (χ0v) is 13.7. The lowest BCUT2D eigenvalue weighted by Crippen LogP contribution is -2.39. The second kappa shape index (κ2) is 6.34. The number of nitrogens with two attached hydrogens (primary N) is 1. The highest BCUT2D eigenvalue weighted by atomic mass is 32.2. The average molecular weight is 312 g/mol. The van der Waals surface area contributed by atoms with Crippen molar-refractivity contribution in [1.82, 2.24) is 4.72 Å². The van der Waals surface area contributed by atoms with Gasteiger partial charge in [0.1, 0.15) is 0 Å². The van der Waals surface area contributed by atoms with Gasteiger partial charge in [-0.1, -0.05) is 13.8 Å². The first-order valence-corrected chi connectivity index (χ1v) is 8.92. The molecular weight excluding hydrogens is 288 g/mol. The van der Waals surface area contributed by atoms with Gasteiger partial charge in [0.2, 0.25) is 10.0 Å². The normalized spacial score (nSPS) is 22.6. The van der Waals surface area contributed by atoms with E-state index in [4.69, 9.17) is 10.5 Å². The molecule has 21 heavy (non-hydrogen) atoms. The third-order valence-electron chi connectivity index (χ3n) is 4.04. The van der Waals surface area contributed by atoms with E-state index in [1.807, 2.05) is 26.8 Å². The average Bonchev–Trinajstić information content (AvgIpc) is 2.82. The van der Waals surface area contributed by atoms with Gasteiger partial charge >= 0.3 is 0 Å². The maximum Gasteiger partial charge on any atom is 0.241 e. The maximum atomic E-state index is 12.7. The summed E-state index contributed by atoms with van der Waals surface area (Å²) < 4.78 is 33.6. The van der Waals surface area contributed by atoms with Crippen LogP contribution in [0.15, 0.2) is 17.0 Å². The van der Waals surface area contributed by atoms with Crippen molar-refractivity contribution in [3.63, 3.8) is 0 Å². The first-order chi connectivity index (χ1) is 9.89. The largest absolute Gasteiger partial charge is 0.398 e. The molecule has 0 saturated carbocycles. The molecule has 1 aliphatic heterocycles. The predicted octanol–water partition coefficient (Wildman–Crippen LogP) is 1.85. The van der Waals surface area contributed by atoms with E-state index in [2.05, 4.69) is 4.72 Å². The first kappa shape index (κ1) is 16.3. The maximum absolute atomic E-state index is 12.7. The van der Waals surface area contributed by atoms with Gasteiger partial charge in [-0.25, -0.2) is 13.1 Å². The molecule has 0 bridgehead atoms. The smallest absolute Gasteiger partial charge is 0.241 e. The van der Waals surface area contributed by atoms with E-state index in [1.54, 1.807) is 6.07 Å². The summed E-state index contributed by atoms with van der Waals surface area (Å²) in [4.78, 5) is 0.306. The number of benzene rings is 1. The summed E-state index contributed by atoms with van der Waals surface area (Å²) in [6, 6.07) is 3.42. The van der Waals surface area contributed by atoms with Crippen molar-refractivity contribution in [2.24, 2.45) is 0 Å². The molecule has 1 heterocycles. The van der Waals surface area contributed by atoms with Crippen molar-refractivity contribution < 1.29 is 13.2 Å². The molecule has 5 nitrogen and oxygen atoms in total. The number of ether oxygens (including phenoxy) is 1. The van der Waals surface area contributed by atoms with Crippen LogP contribution >= 0.6 is 0 Å². The van der Waals surface area contributed by atoms with Crippen molar-refractivity contribution in [2.75, 3.05) is 12.3 Å². The summed E-state index contributed by atoms with van der Waals surface area (Å²) in [7, 11) is -3.58. The van der Waals surface area contributed by atoms with Crippen LogP contribution in [0.1, 0.15) is 38.3 Å². The predicted molar refractivity (Wildman–Crippen MR) is 83.8 cm³/mol. The molecule has 118 valence electrons. The van der Waals surface area contributed by atoms with E-state index in [-0.39, 0.29) is 12.1 Å². The number of nitrogen functional groups attached to an aromatic ring is 1. The molecular formula is C15H24N2O3S. The van der Waals surface area contributed by atoms with E-state index >= 15 is 0 Å². The van der Waals surface area contributed by atoms with Crippen molar-refractivity contribution in [3.8, 4) is 0 Å². The van der Waals surface area contributed by atoms with E-state index in [0.717, 1.165) is 12.0 Å². The Hall–Kier alpha value is -1.11. The lowest BCUT2D eigenvalue weighted by atomic mass is 10.1. The Balaban J connectivity index is 2.40. The number of rotatable bonds is 5. The molecule has 0 amide bonds. The minimum absolute atomic E-state index is 0.100. The van der Waals surface area contributed by atoms with Crippen LogP contribution in [0.4, 0.5) is 5.69 Å². The van der Waals surface area contributed by atoms with Crippen LogP contribution in [0.2, 0.25) is 0 Å². The van der Waals surface area contributed by atoms with Crippen molar-refractivity contribution in [1.29, 1.82) is 0 Å². The van der Waals surface area contributed by atoms with Gasteiger partial charge in [-0.3, -0.25) is 0 Å². The Labute approximate surface area is 126 Å². The number of anilines is 1. The molecule has 2 rings (SSSR count). The zero-order chi connectivity index (χ0) is 15.6. The fraction of sp³-hybridized carbons (Fsp3) is 0.600.